The molecule has 2 fully saturated rings. The van der Waals surface area contributed by atoms with E-state index in [9.17, 15) is 4.79 Å². The molecule has 7 nitrogen and oxygen atoms in total. The van der Waals surface area contributed by atoms with Gasteiger partial charge in [-0.15, -0.1) is 0 Å². The van der Waals surface area contributed by atoms with Crippen LogP contribution in [0, 0.1) is 5.92 Å². The molecule has 2 aromatic heterocycles. The molecule has 3 N–H and O–H groups in total. The minimum atomic E-state index is -0.282. The first kappa shape index (κ1) is 20.0. The molecule has 2 atom stereocenters. The second-order valence-electron chi connectivity index (χ2n) is 9.51. The van der Waals surface area contributed by atoms with E-state index in [1.54, 1.807) is 6.20 Å². The summed E-state index contributed by atoms with van der Waals surface area (Å²) >= 11 is 0. The van der Waals surface area contributed by atoms with Crippen LogP contribution in [0.1, 0.15) is 43.5 Å². The number of hydrogen-bond donors (Lipinski definition) is 2. The molecule has 0 radical (unpaired) electrons. The van der Waals surface area contributed by atoms with Crippen LogP contribution in [0.3, 0.4) is 0 Å². The number of carbonyl (C=O) groups excluding carboxylic acids is 1. The van der Waals surface area contributed by atoms with Crippen molar-refractivity contribution >= 4 is 22.5 Å². The molecule has 1 saturated carbocycles. The third-order valence-electron chi connectivity index (χ3n) is 6.75. The lowest BCUT2D eigenvalue weighted by Crippen LogP contribution is -2.40. The van der Waals surface area contributed by atoms with Gasteiger partial charge in [-0.25, -0.2) is 0 Å². The van der Waals surface area contributed by atoms with Gasteiger partial charge in [0.2, 0.25) is 0 Å². The molecule has 1 aliphatic heterocycles. The summed E-state index contributed by atoms with van der Waals surface area (Å²) in [5.41, 5.74) is 10.7. The van der Waals surface area contributed by atoms with Crippen LogP contribution in [0.5, 0.6) is 0 Å². The number of aromatic nitrogens is 3. The van der Waals surface area contributed by atoms with Gasteiger partial charge in [-0.2, -0.15) is 5.10 Å². The van der Waals surface area contributed by atoms with Gasteiger partial charge >= 0.3 is 0 Å². The Balaban J connectivity index is 1.64. The van der Waals surface area contributed by atoms with Crippen LogP contribution in [0.2, 0.25) is 0 Å². The van der Waals surface area contributed by atoms with Crippen molar-refractivity contribution in [2.75, 3.05) is 18.0 Å². The average Bonchev–Trinajstić information content (AvgIpc) is 3.45. The van der Waals surface area contributed by atoms with E-state index in [0.717, 1.165) is 40.7 Å². The zero-order valence-electron chi connectivity index (χ0n) is 18.4. The van der Waals surface area contributed by atoms with Gasteiger partial charge < -0.3 is 16.0 Å². The van der Waals surface area contributed by atoms with Gasteiger partial charge in [-0.1, -0.05) is 12.1 Å². The molecule has 31 heavy (non-hydrogen) atoms. The number of pyridine rings is 1. The van der Waals surface area contributed by atoms with Gasteiger partial charge in [-0.3, -0.25) is 14.5 Å². The third-order valence-corrected chi connectivity index (χ3v) is 6.75. The minimum absolute atomic E-state index is 0.0623. The fraction of sp³-hybridized carbons (Fsp3) is 0.458. The van der Waals surface area contributed by atoms with E-state index in [1.165, 1.54) is 12.8 Å². The van der Waals surface area contributed by atoms with Crippen LogP contribution in [-0.2, 0) is 7.05 Å². The quantitative estimate of drug-likeness (QED) is 0.665. The Kier molecular flexibility index (Phi) is 4.73. The highest BCUT2D eigenvalue weighted by Gasteiger charge is 2.35. The maximum Gasteiger partial charge on any atom is 0.255 e. The number of nitrogens with one attached hydrogen (secondary N) is 1. The Morgan fingerprint density at radius 2 is 2.06 bits per heavy atom. The lowest BCUT2D eigenvalue weighted by atomic mass is 9.98. The van der Waals surface area contributed by atoms with Crippen LogP contribution in [-0.4, -0.2) is 45.3 Å². The molecule has 0 bridgehead atoms. The summed E-state index contributed by atoms with van der Waals surface area (Å²) in [7, 11) is 1.94. The number of anilines is 1. The lowest BCUT2D eigenvalue weighted by Gasteiger charge is -2.27. The van der Waals surface area contributed by atoms with Gasteiger partial charge in [0.15, 0.2) is 0 Å². The molecule has 3 heterocycles. The van der Waals surface area contributed by atoms with Gasteiger partial charge in [0, 0.05) is 55.1 Å². The van der Waals surface area contributed by atoms with Crippen molar-refractivity contribution < 1.29 is 4.79 Å². The SMILES string of the molecule is CC(NC(=O)c1cncc(-c2cccc3c2cnn3C)c1N1CC[C@](C)(N)C1)C1CC1. The van der Waals surface area contributed by atoms with Gasteiger partial charge in [-0.05, 0) is 50.7 Å². The van der Waals surface area contributed by atoms with E-state index >= 15 is 0 Å². The molecule has 2 aliphatic rings. The fourth-order valence-corrected chi connectivity index (χ4v) is 4.74. The largest absolute Gasteiger partial charge is 0.368 e. The second kappa shape index (κ2) is 7.34. The molecule has 5 rings (SSSR count). The molecule has 1 amide bonds. The number of amides is 1. The zero-order chi connectivity index (χ0) is 21.8. The average molecular weight is 419 g/mol. The monoisotopic (exact) mass is 418 g/mol. The van der Waals surface area contributed by atoms with E-state index in [2.05, 4.69) is 46.3 Å². The van der Waals surface area contributed by atoms with Crippen molar-refractivity contribution in [3.63, 3.8) is 0 Å². The normalized spacial score (nSPS) is 22.1. The van der Waals surface area contributed by atoms with Crippen molar-refractivity contribution in [2.45, 2.75) is 44.7 Å². The summed E-state index contributed by atoms with van der Waals surface area (Å²) < 4.78 is 1.87. The molecular weight excluding hydrogens is 388 g/mol. The van der Waals surface area contributed by atoms with E-state index in [0.29, 0.717) is 18.0 Å². The van der Waals surface area contributed by atoms with Crippen molar-refractivity contribution in [1.82, 2.24) is 20.1 Å². The fourth-order valence-electron chi connectivity index (χ4n) is 4.74. The second-order valence-corrected chi connectivity index (χ2v) is 9.51. The minimum Gasteiger partial charge on any atom is -0.368 e. The summed E-state index contributed by atoms with van der Waals surface area (Å²) in [4.78, 5) is 20.1. The molecule has 1 saturated heterocycles. The summed E-state index contributed by atoms with van der Waals surface area (Å²) in [6, 6.07) is 6.34. The Labute approximate surface area is 182 Å². The highest BCUT2D eigenvalue weighted by atomic mass is 16.1. The Morgan fingerprint density at radius 1 is 1.26 bits per heavy atom. The molecule has 0 spiro atoms. The maximum atomic E-state index is 13.4. The molecule has 162 valence electrons. The molecule has 1 aromatic carbocycles. The van der Waals surface area contributed by atoms with Crippen molar-refractivity contribution in [3.05, 3.63) is 42.4 Å². The predicted octanol–water partition coefficient (Wildman–Crippen LogP) is 3.09. The van der Waals surface area contributed by atoms with Crippen molar-refractivity contribution in [1.29, 1.82) is 0 Å². The standard InChI is InChI=1S/C24H30N6O/c1-15(16-7-8-16)28-23(31)20-12-26-11-19(22(20)30-10-9-24(2,25)14-30)17-5-4-6-21-18(17)13-27-29(21)3/h4-6,11-13,15-16H,7-10,14,25H2,1-3H3,(H,28,31)/t15?,24-/m0/s1. The molecule has 7 heteroatoms. The number of aryl methyl sites for hydroxylation is 1. The van der Waals surface area contributed by atoms with Crippen molar-refractivity contribution in [3.8, 4) is 11.1 Å². The zero-order valence-corrected chi connectivity index (χ0v) is 18.4. The molecular formula is C24H30N6O. The Morgan fingerprint density at radius 3 is 2.77 bits per heavy atom. The number of nitrogens with two attached hydrogens (primary N) is 1. The summed E-state index contributed by atoms with van der Waals surface area (Å²) in [6.45, 7) is 5.68. The van der Waals surface area contributed by atoms with Crippen LogP contribution >= 0.6 is 0 Å². The van der Waals surface area contributed by atoms with Crippen LogP contribution in [0.4, 0.5) is 5.69 Å². The number of rotatable bonds is 5. The van der Waals surface area contributed by atoms with Crippen LogP contribution in [0.15, 0.2) is 36.8 Å². The van der Waals surface area contributed by atoms with E-state index < -0.39 is 0 Å². The Hall–Kier alpha value is -2.93. The van der Waals surface area contributed by atoms with Crippen LogP contribution in [0.25, 0.3) is 22.0 Å². The summed E-state index contributed by atoms with van der Waals surface area (Å²) in [5.74, 6) is 0.527. The third kappa shape index (κ3) is 3.67. The molecule has 1 aliphatic carbocycles. The number of hydrogen-bond acceptors (Lipinski definition) is 5. The first-order valence-corrected chi connectivity index (χ1v) is 11.1. The number of carbonyl (C=O) groups is 1. The first-order chi connectivity index (χ1) is 14.8. The summed E-state index contributed by atoms with van der Waals surface area (Å²) in [6.07, 6.45) is 8.70. The first-order valence-electron chi connectivity index (χ1n) is 11.1. The Bertz CT molecular complexity index is 1150. The lowest BCUT2D eigenvalue weighted by molar-refractivity contribution is 0.0936. The van der Waals surface area contributed by atoms with Gasteiger partial charge in [0.25, 0.3) is 5.91 Å². The highest BCUT2D eigenvalue weighted by Crippen LogP contribution is 2.40. The topological polar surface area (TPSA) is 89.1 Å². The number of nitrogens with zero attached hydrogens (tertiary/aromatic N) is 4. The summed E-state index contributed by atoms with van der Waals surface area (Å²) in [5, 5.41) is 8.70. The van der Waals surface area contributed by atoms with E-state index in [-0.39, 0.29) is 17.5 Å². The van der Waals surface area contributed by atoms with E-state index in [1.807, 2.05) is 30.2 Å². The smallest absolute Gasteiger partial charge is 0.255 e. The highest BCUT2D eigenvalue weighted by molar-refractivity contribution is 6.06. The van der Waals surface area contributed by atoms with Crippen LogP contribution < -0.4 is 16.0 Å². The maximum absolute atomic E-state index is 13.4. The molecule has 1 unspecified atom stereocenters. The number of fused-ring (bicyclic) bond motifs is 1. The molecule has 3 aromatic rings. The predicted molar refractivity (Wildman–Crippen MR) is 123 cm³/mol. The van der Waals surface area contributed by atoms with Gasteiger partial charge in [0.05, 0.1) is 23.0 Å². The van der Waals surface area contributed by atoms with E-state index in [4.69, 9.17) is 5.73 Å². The van der Waals surface area contributed by atoms with Gasteiger partial charge in [0.1, 0.15) is 0 Å². The number of benzene rings is 1. The van der Waals surface area contributed by atoms with Crippen molar-refractivity contribution in [2.24, 2.45) is 18.7 Å².